The summed E-state index contributed by atoms with van der Waals surface area (Å²) in [4.78, 5) is 0. The molecule has 1 aliphatic carbocycles. The van der Waals surface area contributed by atoms with Crippen molar-refractivity contribution < 1.29 is 0 Å². The highest BCUT2D eigenvalue weighted by molar-refractivity contribution is 5.04. The third-order valence-corrected chi connectivity index (χ3v) is 4.83. The molecule has 0 spiro atoms. The van der Waals surface area contributed by atoms with Gasteiger partial charge in [-0.05, 0) is 30.7 Å². The number of nitrogens with zero attached hydrogens (tertiary/aromatic N) is 2. The molecular weight excluding hydrogens is 236 g/mol. The van der Waals surface area contributed by atoms with Crippen molar-refractivity contribution in [2.45, 2.75) is 71.4 Å². The van der Waals surface area contributed by atoms with Crippen LogP contribution in [0, 0.1) is 5.41 Å². The molecule has 4 heteroatoms. The first kappa shape index (κ1) is 14.5. The number of hydrogen-bond donors (Lipinski definition) is 2. The molecule has 0 saturated heterocycles. The highest BCUT2D eigenvalue weighted by Crippen LogP contribution is 2.30. The lowest BCUT2D eigenvalue weighted by molar-refractivity contribution is 0.230. The van der Waals surface area contributed by atoms with Crippen molar-refractivity contribution in [1.29, 1.82) is 0 Å². The van der Waals surface area contributed by atoms with Crippen LogP contribution in [0.15, 0.2) is 12.3 Å². The second-order valence-electron chi connectivity index (χ2n) is 6.49. The van der Waals surface area contributed by atoms with Crippen LogP contribution >= 0.6 is 0 Å². The molecule has 1 atom stereocenters. The van der Waals surface area contributed by atoms with Crippen LogP contribution in [0.25, 0.3) is 0 Å². The van der Waals surface area contributed by atoms with E-state index in [1.54, 1.807) is 0 Å². The van der Waals surface area contributed by atoms with Crippen LogP contribution in [-0.2, 0) is 6.42 Å². The lowest BCUT2D eigenvalue weighted by Gasteiger charge is -2.32. The van der Waals surface area contributed by atoms with Crippen molar-refractivity contribution in [3.63, 3.8) is 0 Å². The Kier molecular flexibility index (Phi) is 4.63. The maximum Gasteiger partial charge on any atom is 0.0640 e. The molecule has 1 aromatic heterocycles. The third kappa shape index (κ3) is 3.37. The van der Waals surface area contributed by atoms with E-state index in [1.807, 2.05) is 0 Å². The summed E-state index contributed by atoms with van der Waals surface area (Å²) in [5.74, 6) is 5.73. The van der Waals surface area contributed by atoms with Crippen LogP contribution in [0.2, 0.25) is 0 Å². The molecule has 1 aromatic rings. The Morgan fingerprint density at radius 3 is 2.74 bits per heavy atom. The van der Waals surface area contributed by atoms with Gasteiger partial charge in [0.05, 0.1) is 11.7 Å². The Hall–Kier alpha value is -0.870. The average Bonchev–Trinajstić information content (AvgIpc) is 3.06. The van der Waals surface area contributed by atoms with Crippen LogP contribution in [0.3, 0.4) is 0 Å². The molecule has 0 radical (unpaired) electrons. The zero-order chi connectivity index (χ0) is 13.9. The summed E-state index contributed by atoms with van der Waals surface area (Å²) in [6.07, 6.45) is 9.38. The van der Waals surface area contributed by atoms with E-state index in [0.717, 1.165) is 18.5 Å². The molecule has 1 heterocycles. The minimum Gasteiger partial charge on any atom is -0.271 e. The summed E-state index contributed by atoms with van der Waals surface area (Å²) in [6.45, 7) is 6.72. The van der Waals surface area contributed by atoms with Crippen LogP contribution in [-0.4, -0.2) is 15.8 Å². The summed E-state index contributed by atoms with van der Waals surface area (Å²) in [5, 5.41) is 4.75. The van der Waals surface area contributed by atoms with Gasteiger partial charge in [-0.3, -0.25) is 16.0 Å². The predicted molar refractivity (Wildman–Crippen MR) is 78.6 cm³/mol. The molecule has 1 unspecified atom stereocenters. The molecule has 19 heavy (non-hydrogen) atoms. The van der Waals surface area contributed by atoms with Crippen molar-refractivity contribution in [2.75, 3.05) is 0 Å². The largest absolute Gasteiger partial charge is 0.271 e. The molecule has 2 rings (SSSR count). The van der Waals surface area contributed by atoms with E-state index in [4.69, 9.17) is 10.9 Å². The maximum absolute atomic E-state index is 5.73. The SMILES string of the molecule is CCC(C)(C)C(Cc1ccn(C2CCCC2)n1)NN. The monoisotopic (exact) mass is 264 g/mol. The molecular formula is C15H28N4. The molecule has 0 aliphatic heterocycles. The second-order valence-corrected chi connectivity index (χ2v) is 6.49. The number of rotatable bonds is 6. The zero-order valence-corrected chi connectivity index (χ0v) is 12.5. The Morgan fingerprint density at radius 1 is 1.47 bits per heavy atom. The van der Waals surface area contributed by atoms with Gasteiger partial charge in [0.2, 0.25) is 0 Å². The Balaban J connectivity index is 2.02. The molecule has 3 N–H and O–H groups in total. The highest BCUT2D eigenvalue weighted by atomic mass is 15.3. The minimum absolute atomic E-state index is 0.186. The van der Waals surface area contributed by atoms with Gasteiger partial charge in [0, 0.05) is 18.7 Å². The molecule has 1 aliphatic rings. The molecule has 1 saturated carbocycles. The Bertz CT molecular complexity index is 391. The van der Waals surface area contributed by atoms with Crippen LogP contribution in [0.1, 0.15) is 64.6 Å². The van der Waals surface area contributed by atoms with Gasteiger partial charge in [-0.1, -0.05) is 33.6 Å². The van der Waals surface area contributed by atoms with Crippen LogP contribution < -0.4 is 11.3 Å². The van der Waals surface area contributed by atoms with Crippen molar-refractivity contribution in [2.24, 2.45) is 11.3 Å². The van der Waals surface area contributed by atoms with E-state index in [-0.39, 0.29) is 11.5 Å². The standard InChI is InChI=1S/C15H28N4/c1-4-15(2,3)14(17-16)11-12-9-10-19(18-12)13-7-5-6-8-13/h9-10,13-14,17H,4-8,11,16H2,1-3H3. The van der Waals surface area contributed by atoms with Crippen molar-refractivity contribution in [3.05, 3.63) is 18.0 Å². The van der Waals surface area contributed by atoms with Gasteiger partial charge in [-0.2, -0.15) is 5.10 Å². The fourth-order valence-corrected chi connectivity index (χ4v) is 2.87. The second kappa shape index (κ2) is 6.06. The quantitative estimate of drug-likeness (QED) is 0.613. The normalized spacial score (nSPS) is 18.9. The van der Waals surface area contributed by atoms with Crippen LogP contribution in [0.5, 0.6) is 0 Å². The molecule has 1 fully saturated rings. The summed E-state index contributed by atoms with van der Waals surface area (Å²) >= 11 is 0. The van der Waals surface area contributed by atoms with Gasteiger partial charge in [-0.15, -0.1) is 0 Å². The van der Waals surface area contributed by atoms with Gasteiger partial charge in [0.25, 0.3) is 0 Å². The Labute approximate surface area is 116 Å². The third-order valence-electron chi connectivity index (χ3n) is 4.83. The van der Waals surface area contributed by atoms with E-state index in [2.05, 4.69) is 43.1 Å². The van der Waals surface area contributed by atoms with Crippen molar-refractivity contribution >= 4 is 0 Å². The molecule has 0 bridgehead atoms. The van der Waals surface area contributed by atoms with Gasteiger partial charge in [0.1, 0.15) is 0 Å². The number of hydrazine groups is 1. The van der Waals surface area contributed by atoms with Gasteiger partial charge < -0.3 is 0 Å². The Morgan fingerprint density at radius 2 is 2.16 bits per heavy atom. The lowest BCUT2D eigenvalue weighted by Crippen LogP contribution is -2.47. The first-order valence-electron chi connectivity index (χ1n) is 7.57. The predicted octanol–water partition coefficient (Wildman–Crippen LogP) is 2.81. The topological polar surface area (TPSA) is 55.9 Å². The van der Waals surface area contributed by atoms with Gasteiger partial charge >= 0.3 is 0 Å². The maximum atomic E-state index is 5.73. The van der Waals surface area contributed by atoms with E-state index < -0.39 is 0 Å². The first-order chi connectivity index (χ1) is 9.06. The van der Waals surface area contributed by atoms with E-state index in [1.165, 1.54) is 25.7 Å². The van der Waals surface area contributed by atoms with Gasteiger partial charge in [-0.25, -0.2) is 0 Å². The first-order valence-corrected chi connectivity index (χ1v) is 7.57. The summed E-state index contributed by atoms with van der Waals surface area (Å²) < 4.78 is 2.16. The number of nitrogens with two attached hydrogens (primary N) is 1. The van der Waals surface area contributed by atoms with E-state index >= 15 is 0 Å². The summed E-state index contributed by atoms with van der Waals surface area (Å²) in [6, 6.07) is 3.04. The molecule has 0 amide bonds. The fraction of sp³-hybridized carbons (Fsp3) is 0.800. The number of hydrogen-bond acceptors (Lipinski definition) is 3. The molecule has 0 aromatic carbocycles. The fourth-order valence-electron chi connectivity index (χ4n) is 2.87. The highest BCUT2D eigenvalue weighted by Gasteiger charge is 2.28. The number of aromatic nitrogens is 2. The average molecular weight is 264 g/mol. The summed E-state index contributed by atoms with van der Waals surface area (Å²) in [5.41, 5.74) is 4.31. The van der Waals surface area contributed by atoms with Crippen LogP contribution in [0.4, 0.5) is 0 Å². The zero-order valence-electron chi connectivity index (χ0n) is 12.5. The summed E-state index contributed by atoms with van der Waals surface area (Å²) in [7, 11) is 0. The molecule has 108 valence electrons. The van der Waals surface area contributed by atoms with Crippen molar-refractivity contribution in [1.82, 2.24) is 15.2 Å². The van der Waals surface area contributed by atoms with E-state index in [0.29, 0.717) is 6.04 Å². The lowest BCUT2D eigenvalue weighted by atomic mass is 9.80. The van der Waals surface area contributed by atoms with E-state index in [9.17, 15) is 0 Å². The minimum atomic E-state index is 0.186. The smallest absolute Gasteiger partial charge is 0.0640 e. The molecule has 4 nitrogen and oxygen atoms in total. The van der Waals surface area contributed by atoms with Gasteiger partial charge in [0.15, 0.2) is 0 Å². The van der Waals surface area contributed by atoms with Crippen molar-refractivity contribution in [3.8, 4) is 0 Å². The number of nitrogens with one attached hydrogen (secondary N) is 1.